The first-order valence-electron chi connectivity index (χ1n) is 5.12. The largest absolute Gasteiger partial charge is 0.398 e. The molecule has 0 saturated heterocycles. The molecule has 2 N–H and O–H groups in total. The Hall–Kier alpha value is -2.16. The van der Waals surface area contributed by atoms with Gasteiger partial charge in [-0.15, -0.1) is 0 Å². The Bertz CT molecular complexity index is 635. The minimum Gasteiger partial charge on any atom is -0.398 e. The van der Waals surface area contributed by atoms with Gasteiger partial charge in [0.05, 0.1) is 6.07 Å². The van der Waals surface area contributed by atoms with Crippen molar-refractivity contribution in [1.82, 2.24) is 4.98 Å². The molecule has 0 atom stereocenters. The molecule has 0 spiro atoms. The van der Waals surface area contributed by atoms with Gasteiger partial charge in [-0.2, -0.15) is 0 Å². The number of aromatic nitrogens is 1. The highest BCUT2D eigenvalue weighted by Gasteiger charge is 2.13. The lowest BCUT2D eigenvalue weighted by Gasteiger charge is -1.93. The lowest BCUT2D eigenvalue weighted by molar-refractivity contribution is 0.657. The van der Waals surface area contributed by atoms with E-state index in [1.54, 1.807) is 6.07 Å². The lowest BCUT2D eigenvalue weighted by Crippen LogP contribution is -1.87. The second-order valence-electron chi connectivity index (χ2n) is 3.91. The highest BCUT2D eigenvalue weighted by molar-refractivity contribution is 5.84. The van der Waals surface area contributed by atoms with Crippen LogP contribution in [0.3, 0.4) is 0 Å². The number of aryl methyl sites for hydroxylation is 1. The maximum absolute atomic E-state index is 5.77. The van der Waals surface area contributed by atoms with Crippen LogP contribution in [0.1, 0.15) is 5.56 Å². The van der Waals surface area contributed by atoms with Crippen LogP contribution in [0.5, 0.6) is 0 Å². The Labute approximate surface area is 92.5 Å². The maximum Gasteiger partial charge on any atom is 0.381 e. The van der Waals surface area contributed by atoms with E-state index in [0.717, 1.165) is 27.8 Å². The smallest absolute Gasteiger partial charge is 0.381 e. The molecule has 0 saturated carbocycles. The van der Waals surface area contributed by atoms with E-state index in [9.17, 15) is 0 Å². The van der Waals surface area contributed by atoms with Crippen LogP contribution < -0.4 is 5.73 Å². The van der Waals surface area contributed by atoms with Gasteiger partial charge >= 0.3 is 11.2 Å². The van der Waals surface area contributed by atoms with Gasteiger partial charge in [-0.3, -0.25) is 0 Å². The minimum atomic E-state index is 0.685. The summed E-state index contributed by atoms with van der Waals surface area (Å²) < 4.78 is 5.77. The topological polar surface area (TPSA) is 50.2 Å². The third-order valence-corrected chi connectivity index (χ3v) is 2.56. The molecule has 3 rings (SSSR count). The summed E-state index contributed by atoms with van der Waals surface area (Å²) in [6.45, 7) is 2.03. The zero-order valence-corrected chi connectivity index (χ0v) is 8.90. The number of nitrogens with zero attached hydrogens (tertiary/aromatic N) is 1. The van der Waals surface area contributed by atoms with Crippen molar-refractivity contribution in [3.05, 3.63) is 42.0 Å². The highest BCUT2D eigenvalue weighted by Crippen LogP contribution is 2.22. The van der Waals surface area contributed by atoms with Gasteiger partial charge in [0.2, 0.25) is 0 Å². The lowest BCUT2D eigenvalue weighted by atomic mass is 10.2. The van der Waals surface area contributed by atoms with Gasteiger partial charge < -0.3 is 5.73 Å². The van der Waals surface area contributed by atoms with Crippen molar-refractivity contribution >= 4 is 27.9 Å². The Morgan fingerprint density at radius 2 is 1.69 bits per heavy atom. The first kappa shape index (κ1) is 9.09. The fourth-order valence-electron chi connectivity index (χ4n) is 1.75. The number of nitrogen functional groups attached to an aromatic ring is 1. The van der Waals surface area contributed by atoms with Crippen molar-refractivity contribution in [3.63, 3.8) is 0 Å². The molecule has 2 aromatic carbocycles. The predicted molar refractivity (Wildman–Crippen MR) is 65.1 cm³/mol. The number of hydrogen-bond acceptors (Lipinski definition) is 2. The third kappa shape index (κ3) is 1.37. The standard InChI is InChI=1S/C13H11N2O/c1-8-2-4-10-12(6-8)16-13-7-9(14)3-5-11(13)15-10/h2-7H,14H2,1H3/q+1. The maximum atomic E-state index is 5.77. The molecular weight excluding hydrogens is 200 g/mol. The highest BCUT2D eigenvalue weighted by atomic mass is 16.3. The molecule has 0 amide bonds. The molecule has 16 heavy (non-hydrogen) atoms. The molecule has 1 aromatic heterocycles. The van der Waals surface area contributed by atoms with Crippen LogP contribution >= 0.6 is 0 Å². The van der Waals surface area contributed by atoms with Crippen molar-refractivity contribution in [2.75, 3.05) is 5.73 Å². The van der Waals surface area contributed by atoms with Gasteiger partial charge in [0.1, 0.15) is 0 Å². The first-order chi connectivity index (χ1) is 7.72. The number of benzene rings is 2. The molecule has 3 nitrogen and oxygen atoms in total. The van der Waals surface area contributed by atoms with E-state index in [4.69, 9.17) is 10.2 Å². The summed E-state index contributed by atoms with van der Waals surface area (Å²) in [4.78, 5) is 4.51. The van der Waals surface area contributed by atoms with Gasteiger partial charge in [-0.1, -0.05) is 6.07 Å². The molecule has 0 bridgehead atoms. The van der Waals surface area contributed by atoms with Crippen LogP contribution in [0, 0.1) is 6.92 Å². The first-order valence-corrected chi connectivity index (χ1v) is 5.12. The predicted octanol–water partition coefficient (Wildman–Crippen LogP) is 3.15. The summed E-state index contributed by atoms with van der Waals surface area (Å²) in [6, 6.07) is 11.4. The molecule has 0 aliphatic carbocycles. The summed E-state index contributed by atoms with van der Waals surface area (Å²) >= 11 is 0. The average molecular weight is 211 g/mol. The molecular formula is C13H11N2O+. The molecule has 3 aromatic rings. The Morgan fingerprint density at radius 3 is 2.50 bits per heavy atom. The van der Waals surface area contributed by atoms with E-state index >= 15 is 0 Å². The second kappa shape index (κ2) is 3.17. The van der Waals surface area contributed by atoms with Crippen molar-refractivity contribution < 1.29 is 4.42 Å². The number of hydrogen-bond donors (Lipinski definition) is 1. The van der Waals surface area contributed by atoms with Crippen LogP contribution in [0.4, 0.5) is 5.69 Å². The molecule has 0 radical (unpaired) electrons. The van der Waals surface area contributed by atoms with Crippen LogP contribution in [-0.2, 0) is 0 Å². The van der Waals surface area contributed by atoms with Gasteiger partial charge in [0.15, 0.2) is 11.0 Å². The summed E-state index contributed by atoms with van der Waals surface area (Å²) in [7, 11) is 0. The quantitative estimate of drug-likeness (QED) is 0.353. The van der Waals surface area contributed by atoms with E-state index in [2.05, 4.69) is 4.98 Å². The van der Waals surface area contributed by atoms with Gasteiger partial charge in [0.25, 0.3) is 0 Å². The van der Waals surface area contributed by atoms with Gasteiger partial charge in [-0.05, 0) is 30.7 Å². The summed E-state index contributed by atoms with van der Waals surface area (Å²) in [6.07, 6.45) is 0. The second-order valence-corrected chi connectivity index (χ2v) is 3.91. The Balaban J connectivity index is 2.44. The van der Waals surface area contributed by atoms with Gasteiger partial charge in [-0.25, -0.2) is 9.40 Å². The SMILES string of the molecule is Cc1ccc2nc3ccc(N)cc3[o+]c2c1. The normalized spacial score (nSPS) is 11.1. The van der Waals surface area contributed by atoms with Crippen molar-refractivity contribution in [2.24, 2.45) is 0 Å². The zero-order valence-electron chi connectivity index (χ0n) is 8.90. The van der Waals surface area contributed by atoms with Crippen molar-refractivity contribution in [3.8, 4) is 0 Å². The van der Waals surface area contributed by atoms with E-state index in [1.165, 1.54) is 0 Å². The zero-order chi connectivity index (χ0) is 11.1. The molecule has 0 unspecified atom stereocenters. The fourth-order valence-corrected chi connectivity index (χ4v) is 1.75. The monoisotopic (exact) mass is 211 g/mol. The number of nitrogens with two attached hydrogens (primary N) is 1. The van der Waals surface area contributed by atoms with Crippen molar-refractivity contribution in [2.45, 2.75) is 6.92 Å². The molecule has 78 valence electrons. The van der Waals surface area contributed by atoms with Crippen LogP contribution in [0.15, 0.2) is 40.8 Å². The summed E-state index contributed by atoms with van der Waals surface area (Å²) in [5.74, 6) is 0. The third-order valence-electron chi connectivity index (χ3n) is 2.56. The molecule has 0 aliphatic heterocycles. The van der Waals surface area contributed by atoms with E-state index in [0.29, 0.717) is 5.69 Å². The Kier molecular flexibility index (Phi) is 1.80. The molecule has 0 aliphatic rings. The van der Waals surface area contributed by atoms with Crippen LogP contribution in [0.2, 0.25) is 0 Å². The number of rotatable bonds is 0. The summed E-state index contributed by atoms with van der Waals surface area (Å²) in [5.41, 5.74) is 10.7. The van der Waals surface area contributed by atoms with E-state index < -0.39 is 0 Å². The molecule has 0 fully saturated rings. The Morgan fingerprint density at radius 1 is 1.00 bits per heavy atom. The van der Waals surface area contributed by atoms with Crippen LogP contribution in [-0.4, -0.2) is 4.98 Å². The molecule has 1 heterocycles. The van der Waals surface area contributed by atoms with Gasteiger partial charge in [0, 0.05) is 11.8 Å². The fraction of sp³-hybridized carbons (Fsp3) is 0.0769. The average Bonchev–Trinajstić information content (AvgIpc) is 2.26. The summed E-state index contributed by atoms with van der Waals surface area (Å²) in [5, 5.41) is 0. The van der Waals surface area contributed by atoms with Crippen molar-refractivity contribution in [1.29, 1.82) is 0 Å². The number of anilines is 1. The minimum absolute atomic E-state index is 0.685. The van der Waals surface area contributed by atoms with Crippen LogP contribution in [0.25, 0.3) is 22.2 Å². The van der Waals surface area contributed by atoms with E-state index in [1.807, 2.05) is 37.3 Å². The molecule has 3 heteroatoms. The van der Waals surface area contributed by atoms with E-state index in [-0.39, 0.29) is 0 Å². The number of fused-ring (bicyclic) bond motifs is 2.